The molecule has 1 amide bonds. The molecule has 0 spiro atoms. The highest BCUT2D eigenvalue weighted by Gasteiger charge is 2.32. The quantitative estimate of drug-likeness (QED) is 0.825. The van der Waals surface area contributed by atoms with Gasteiger partial charge in [-0.3, -0.25) is 9.78 Å². The molecule has 1 aromatic carbocycles. The third-order valence-corrected chi connectivity index (χ3v) is 6.42. The second-order valence-electron chi connectivity index (χ2n) is 6.21. The van der Waals surface area contributed by atoms with E-state index in [0.717, 1.165) is 0 Å². The van der Waals surface area contributed by atoms with Crippen LogP contribution >= 0.6 is 0 Å². The number of pyridine rings is 1. The minimum absolute atomic E-state index is 0.119. The van der Waals surface area contributed by atoms with Crippen molar-refractivity contribution in [3.63, 3.8) is 0 Å². The average molecular weight is 375 g/mol. The highest BCUT2D eigenvalue weighted by atomic mass is 32.2. The van der Waals surface area contributed by atoms with Gasteiger partial charge in [-0.1, -0.05) is 18.2 Å². The monoisotopic (exact) mass is 375 g/mol. The molecule has 2 heterocycles. The van der Waals surface area contributed by atoms with Crippen LogP contribution in [0.3, 0.4) is 0 Å². The summed E-state index contributed by atoms with van der Waals surface area (Å²) in [5, 5.41) is 12.6. The van der Waals surface area contributed by atoms with Gasteiger partial charge < -0.3 is 10.4 Å². The number of nitrogens with zero attached hydrogens (tertiary/aromatic N) is 2. The Balaban J connectivity index is 1.55. The Hall–Kier alpha value is -2.45. The molecular weight excluding hydrogens is 354 g/mol. The van der Waals surface area contributed by atoms with E-state index in [0.29, 0.717) is 31.5 Å². The van der Waals surface area contributed by atoms with Crippen LogP contribution in [0.1, 0.15) is 18.4 Å². The van der Waals surface area contributed by atoms with Gasteiger partial charge in [0.25, 0.3) is 0 Å². The third-order valence-electron chi connectivity index (χ3n) is 4.54. The summed E-state index contributed by atoms with van der Waals surface area (Å²) >= 11 is 0. The fourth-order valence-corrected chi connectivity index (χ4v) is 4.43. The normalized spacial score (nSPS) is 16.3. The average Bonchev–Trinajstić information content (AvgIpc) is 2.68. The third kappa shape index (κ3) is 4.03. The number of nitrogens with one attached hydrogen (secondary N) is 1. The predicted octanol–water partition coefficient (Wildman–Crippen LogP) is 1.50. The van der Waals surface area contributed by atoms with E-state index in [1.165, 1.54) is 22.8 Å². The highest BCUT2D eigenvalue weighted by molar-refractivity contribution is 7.89. The first-order valence-corrected chi connectivity index (χ1v) is 9.87. The first-order valence-electron chi connectivity index (χ1n) is 8.43. The lowest BCUT2D eigenvalue weighted by Gasteiger charge is -2.30. The summed E-state index contributed by atoms with van der Waals surface area (Å²) in [5.74, 6) is -0.210. The van der Waals surface area contributed by atoms with E-state index in [1.807, 2.05) is 0 Å². The summed E-state index contributed by atoms with van der Waals surface area (Å²) in [4.78, 5) is 16.4. The Bertz CT molecular complexity index is 863. The van der Waals surface area contributed by atoms with Crippen molar-refractivity contribution in [3.8, 4) is 5.75 Å². The summed E-state index contributed by atoms with van der Waals surface area (Å²) in [5.41, 5.74) is 0.650. The number of phenolic OH excluding ortho intramolecular Hbond substituents is 1. The summed E-state index contributed by atoms with van der Waals surface area (Å²) < 4.78 is 26.5. The molecule has 0 bridgehead atoms. The Kier molecular flexibility index (Phi) is 5.53. The van der Waals surface area contributed by atoms with Crippen molar-refractivity contribution >= 4 is 15.9 Å². The van der Waals surface area contributed by atoms with E-state index in [4.69, 9.17) is 0 Å². The molecular formula is C18H21N3O4S. The zero-order chi connectivity index (χ0) is 18.6. The number of aromatic hydroxyl groups is 1. The van der Waals surface area contributed by atoms with E-state index in [1.54, 1.807) is 30.3 Å². The maximum Gasteiger partial charge on any atom is 0.244 e. The summed E-state index contributed by atoms with van der Waals surface area (Å²) in [6.45, 7) is 0.845. The number of benzene rings is 1. The largest absolute Gasteiger partial charge is 0.508 e. The van der Waals surface area contributed by atoms with Gasteiger partial charge in [-0.25, -0.2) is 8.42 Å². The molecule has 1 aliphatic heterocycles. The molecule has 3 rings (SSSR count). The first-order chi connectivity index (χ1) is 12.5. The number of carbonyl (C=O) groups excluding carboxylic acids is 1. The van der Waals surface area contributed by atoms with Crippen LogP contribution < -0.4 is 5.32 Å². The maximum absolute atomic E-state index is 12.6. The summed E-state index contributed by atoms with van der Waals surface area (Å²) in [6, 6.07) is 9.95. The predicted molar refractivity (Wildman–Crippen MR) is 95.7 cm³/mol. The second-order valence-corrected chi connectivity index (χ2v) is 8.15. The number of amides is 1. The van der Waals surface area contributed by atoms with Crippen LogP contribution in [0.5, 0.6) is 5.75 Å². The smallest absolute Gasteiger partial charge is 0.244 e. The molecule has 0 aliphatic carbocycles. The van der Waals surface area contributed by atoms with Crippen molar-refractivity contribution in [3.05, 3.63) is 54.4 Å². The number of hydrogen-bond donors (Lipinski definition) is 2. The number of hydrogen-bond acceptors (Lipinski definition) is 5. The van der Waals surface area contributed by atoms with Crippen LogP contribution in [0.2, 0.25) is 0 Å². The Morgan fingerprint density at radius 3 is 2.58 bits per heavy atom. The molecule has 26 heavy (non-hydrogen) atoms. The number of piperidine rings is 1. The van der Waals surface area contributed by atoms with Crippen molar-refractivity contribution in [2.24, 2.45) is 5.92 Å². The summed E-state index contributed by atoms with van der Waals surface area (Å²) in [6.07, 6.45) is 3.79. The van der Waals surface area contributed by atoms with Gasteiger partial charge in [0.15, 0.2) is 0 Å². The van der Waals surface area contributed by atoms with Crippen molar-refractivity contribution in [1.82, 2.24) is 14.6 Å². The minimum atomic E-state index is -3.57. The molecule has 0 atom stereocenters. The molecule has 2 N–H and O–H groups in total. The van der Waals surface area contributed by atoms with Crippen molar-refractivity contribution in [2.75, 3.05) is 13.1 Å². The second kappa shape index (κ2) is 7.84. The van der Waals surface area contributed by atoms with Crippen LogP contribution in [0.4, 0.5) is 0 Å². The Morgan fingerprint density at radius 1 is 1.19 bits per heavy atom. The maximum atomic E-state index is 12.6. The number of para-hydroxylation sites is 1. The van der Waals surface area contributed by atoms with Gasteiger partial charge in [0.05, 0.1) is 0 Å². The number of sulfonamides is 1. The van der Waals surface area contributed by atoms with Gasteiger partial charge in [0.1, 0.15) is 10.6 Å². The fourth-order valence-electron chi connectivity index (χ4n) is 2.99. The lowest BCUT2D eigenvalue weighted by atomic mass is 9.97. The minimum Gasteiger partial charge on any atom is -0.508 e. The van der Waals surface area contributed by atoms with Crippen molar-refractivity contribution in [2.45, 2.75) is 24.3 Å². The van der Waals surface area contributed by atoms with E-state index < -0.39 is 10.0 Å². The van der Waals surface area contributed by atoms with Crippen molar-refractivity contribution < 1.29 is 18.3 Å². The number of rotatable bonds is 5. The Morgan fingerprint density at radius 2 is 1.92 bits per heavy atom. The molecule has 7 nitrogen and oxygen atoms in total. The molecule has 1 fully saturated rings. The molecule has 138 valence electrons. The van der Waals surface area contributed by atoms with E-state index >= 15 is 0 Å². The van der Waals surface area contributed by atoms with Crippen LogP contribution in [-0.2, 0) is 21.4 Å². The molecule has 2 aromatic rings. The van der Waals surface area contributed by atoms with Crippen LogP contribution in [0.15, 0.2) is 53.7 Å². The van der Waals surface area contributed by atoms with Gasteiger partial charge in [0, 0.05) is 43.5 Å². The van der Waals surface area contributed by atoms with Crippen LogP contribution in [-0.4, -0.2) is 41.8 Å². The zero-order valence-electron chi connectivity index (χ0n) is 14.2. The molecule has 1 aliphatic rings. The van der Waals surface area contributed by atoms with Crippen molar-refractivity contribution in [1.29, 1.82) is 0 Å². The molecule has 8 heteroatoms. The lowest BCUT2D eigenvalue weighted by molar-refractivity contribution is -0.126. The molecule has 1 aromatic heterocycles. The number of carbonyl (C=O) groups is 1. The molecule has 0 saturated carbocycles. The standard InChI is InChI=1S/C18H21N3O4S/c22-17-6-2-1-4-15(17)12-20-18(23)14-7-10-21(11-8-14)26(24,25)16-5-3-9-19-13-16/h1-6,9,13-14,22H,7-8,10-12H2,(H,20,23). The zero-order valence-corrected chi connectivity index (χ0v) is 15.0. The molecule has 0 unspecified atom stereocenters. The topological polar surface area (TPSA) is 99.6 Å². The number of phenols is 1. The van der Waals surface area contributed by atoms with Gasteiger partial charge in [0.2, 0.25) is 15.9 Å². The van der Waals surface area contributed by atoms with Crippen LogP contribution in [0, 0.1) is 5.92 Å². The van der Waals surface area contributed by atoms with Gasteiger partial charge in [-0.05, 0) is 31.0 Å². The summed E-state index contributed by atoms with van der Waals surface area (Å²) in [7, 11) is -3.57. The lowest BCUT2D eigenvalue weighted by Crippen LogP contribution is -2.42. The molecule has 0 radical (unpaired) electrons. The van der Waals surface area contributed by atoms with Gasteiger partial charge in [-0.15, -0.1) is 0 Å². The van der Waals surface area contributed by atoms with E-state index in [2.05, 4.69) is 10.3 Å². The first kappa shape index (κ1) is 18.3. The Labute approximate surface area is 152 Å². The SMILES string of the molecule is O=C(NCc1ccccc1O)C1CCN(S(=O)(=O)c2cccnc2)CC1. The van der Waals surface area contributed by atoms with E-state index in [-0.39, 0.29) is 29.0 Å². The van der Waals surface area contributed by atoms with Gasteiger partial charge in [-0.2, -0.15) is 4.31 Å². The van der Waals surface area contributed by atoms with Crippen LogP contribution in [0.25, 0.3) is 0 Å². The highest BCUT2D eigenvalue weighted by Crippen LogP contribution is 2.24. The number of aromatic nitrogens is 1. The molecule has 1 saturated heterocycles. The van der Waals surface area contributed by atoms with E-state index in [9.17, 15) is 18.3 Å². The van der Waals surface area contributed by atoms with Gasteiger partial charge >= 0.3 is 0 Å². The fraction of sp³-hybridized carbons (Fsp3) is 0.333.